The number of β-amino-alcohol motifs (C(OH)–C–C–N with tert-alkyl or cyclic N) is 1. The lowest BCUT2D eigenvalue weighted by atomic mass is 10.0. The van der Waals surface area contributed by atoms with Gasteiger partial charge in [-0.3, -0.25) is 0 Å². The Balaban J connectivity index is 2.10. The molecule has 0 bridgehead atoms. The third kappa shape index (κ3) is 4.80. The van der Waals surface area contributed by atoms with E-state index in [1.807, 2.05) is 0 Å². The third-order valence-electron chi connectivity index (χ3n) is 3.34. The number of carbonyl (C=O) groups excluding carboxylic acids is 1. The maximum atomic E-state index is 13.6. The maximum Gasteiger partial charge on any atom is 0.410 e. The van der Waals surface area contributed by atoms with Crippen LogP contribution in [0, 0.1) is 5.82 Å². The molecule has 0 radical (unpaired) electrons. The average Bonchev–Trinajstić information content (AvgIpc) is 2.62. The first-order chi connectivity index (χ1) is 10.7. The summed E-state index contributed by atoms with van der Waals surface area (Å²) in [6.45, 7) is 5.87. The molecule has 5 nitrogen and oxygen atoms in total. The van der Waals surface area contributed by atoms with Gasteiger partial charge in [-0.05, 0) is 38.5 Å². The molecule has 1 aliphatic heterocycles. The van der Waals surface area contributed by atoms with Gasteiger partial charge in [-0.1, -0.05) is 17.7 Å². The van der Waals surface area contributed by atoms with E-state index < -0.39 is 29.7 Å². The second kappa shape index (κ2) is 7.03. The molecule has 1 heterocycles. The number of hydrogen-bond acceptors (Lipinski definition) is 4. The molecule has 1 N–H and O–H groups in total. The van der Waals surface area contributed by atoms with Crippen LogP contribution < -0.4 is 0 Å². The van der Waals surface area contributed by atoms with Crippen LogP contribution in [0.3, 0.4) is 0 Å². The summed E-state index contributed by atoms with van der Waals surface area (Å²) in [6.07, 6.45) is -2.23. The first kappa shape index (κ1) is 18.0. The minimum atomic E-state index is -0.995. The third-order valence-corrected chi connectivity index (χ3v) is 3.65. The number of aliphatic hydroxyl groups excluding tert-OH is 1. The van der Waals surface area contributed by atoms with Crippen LogP contribution in [0.2, 0.25) is 5.02 Å². The predicted octanol–water partition coefficient (Wildman–Crippen LogP) is 3.15. The Hall–Kier alpha value is -1.37. The van der Waals surface area contributed by atoms with Crippen LogP contribution in [0.5, 0.6) is 0 Å². The Morgan fingerprint density at radius 3 is 2.78 bits per heavy atom. The molecule has 2 unspecified atom stereocenters. The summed E-state index contributed by atoms with van der Waals surface area (Å²) in [4.78, 5) is 13.5. The van der Waals surface area contributed by atoms with Crippen LogP contribution >= 0.6 is 11.6 Å². The molecule has 0 aromatic heterocycles. The summed E-state index contributed by atoms with van der Waals surface area (Å²) in [5.41, 5.74) is -0.140. The molecule has 0 saturated carbocycles. The fourth-order valence-electron chi connectivity index (χ4n) is 2.31. The van der Waals surface area contributed by atoms with Gasteiger partial charge in [0.05, 0.1) is 18.2 Å². The molecular formula is C16H21ClFNO4. The number of rotatable bonds is 1. The summed E-state index contributed by atoms with van der Waals surface area (Å²) < 4.78 is 24.5. The summed E-state index contributed by atoms with van der Waals surface area (Å²) in [5.74, 6) is -0.576. The van der Waals surface area contributed by atoms with E-state index in [-0.39, 0.29) is 18.2 Å². The van der Waals surface area contributed by atoms with E-state index >= 15 is 0 Å². The summed E-state index contributed by atoms with van der Waals surface area (Å²) in [6, 6.07) is 4.25. The van der Waals surface area contributed by atoms with Gasteiger partial charge in [0.15, 0.2) is 0 Å². The highest BCUT2D eigenvalue weighted by Gasteiger charge is 2.32. The summed E-state index contributed by atoms with van der Waals surface area (Å²) in [5, 5.41) is 10.4. The zero-order valence-electron chi connectivity index (χ0n) is 13.4. The summed E-state index contributed by atoms with van der Waals surface area (Å²) >= 11 is 5.67. The number of aliphatic hydroxyl groups is 1. The molecule has 2 rings (SSSR count). The van der Waals surface area contributed by atoms with Crippen molar-refractivity contribution in [3.05, 3.63) is 34.6 Å². The van der Waals surface area contributed by atoms with E-state index in [1.165, 1.54) is 17.0 Å². The fourth-order valence-corrected chi connectivity index (χ4v) is 2.43. The van der Waals surface area contributed by atoms with Gasteiger partial charge in [-0.25, -0.2) is 9.18 Å². The fraction of sp³-hybridized carbons (Fsp3) is 0.562. The van der Waals surface area contributed by atoms with Crippen molar-refractivity contribution in [3.63, 3.8) is 0 Å². The van der Waals surface area contributed by atoms with E-state index in [9.17, 15) is 14.3 Å². The van der Waals surface area contributed by atoms with Crippen LogP contribution in [-0.4, -0.2) is 47.5 Å². The molecule has 2 atom stereocenters. The number of halogens is 2. The van der Waals surface area contributed by atoms with Crippen molar-refractivity contribution >= 4 is 17.7 Å². The Morgan fingerprint density at radius 1 is 1.48 bits per heavy atom. The van der Waals surface area contributed by atoms with Gasteiger partial charge in [-0.2, -0.15) is 0 Å². The minimum absolute atomic E-state index is 0.00671. The van der Waals surface area contributed by atoms with Gasteiger partial charge in [-0.15, -0.1) is 0 Å². The highest BCUT2D eigenvalue weighted by Crippen LogP contribution is 2.27. The lowest BCUT2D eigenvalue weighted by Crippen LogP contribution is -2.41. The molecule has 7 heteroatoms. The number of amides is 1. The average molecular weight is 346 g/mol. The Morgan fingerprint density at radius 2 is 2.17 bits per heavy atom. The molecule has 1 saturated heterocycles. The molecule has 0 spiro atoms. The second-order valence-electron chi connectivity index (χ2n) is 6.46. The van der Waals surface area contributed by atoms with Crippen LogP contribution in [0.4, 0.5) is 9.18 Å². The largest absolute Gasteiger partial charge is 0.444 e. The normalized spacial score (nSPS) is 22.6. The van der Waals surface area contributed by atoms with Crippen molar-refractivity contribution in [2.24, 2.45) is 0 Å². The minimum Gasteiger partial charge on any atom is -0.444 e. The van der Waals surface area contributed by atoms with E-state index in [4.69, 9.17) is 21.1 Å². The predicted molar refractivity (Wildman–Crippen MR) is 83.9 cm³/mol. The Labute approximate surface area is 139 Å². The Bertz CT molecular complexity index is 576. The molecule has 0 aliphatic carbocycles. The zero-order chi connectivity index (χ0) is 17.2. The van der Waals surface area contributed by atoms with Crippen molar-refractivity contribution in [2.45, 2.75) is 38.6 Å². The molecule has 1 aliphatic rings. The maximum absolute atomic E-state index is 13.6. The number of benzene rings is 1. The molecule has 23 heavy (non-hydrogen) atoms. The summed E-state index contributed by atoms with van der Waals surface area (Å²) in [7, 11) is 0. The molecule has 1 amide bonds. The van der Waals surface area contributed by atoms with Crippen molar-refractivity contribution in [3.8, 4) is 0 Å². The molecule has 1 aromatic carbocycles. The standard InChI is InChI=1S/C16H21ClFNO4/c1-16(2,3)23-15(21)19-6-7-22-14(13(20)9-19)10-4-5-11(17)12(18)8-10/h4-5,8,13-14,20H,6-7,9H2,1-3H3. The van der Waals surface area contributed by atoms with Crippen LogP contribution in [0.25, 0.3) is 0 Å². The lowest BCUT2D eigenvalue weighted by Gasteiger charge is -2.27. The smallest absolute Gasteiger partial charge is 0.410 e. The van der Waals surface area contributed by atoms with Gasteiger partial charge in [0, 0.05) is 6.54 Å². The topological polar surface area (TPSA) is 59.0 Å². The quantitative estimate of drug-likeness (QED) is 0.849. The monoisotopic (exact) mass is 345 g/mol. The van der Waals surface area contributed by atoms with Gasteiger partial charge < -0.3 is 19.5 Å². The Kier molecular flexibility index (Phi) is 5.49. The number of carbonyl (C=O) groups is 1. The van der Waals surface area contributed by atoms with Crippen LogP contribution in [-0.2, 0) is 9.47 Å². The lowest BCUT2D eigenvalue weighted by molar-refractivity contribution is -0.0225. The number of nitrogens with zero attached hydrogens (tertiary/aromatic N) is 1. The van der Waals surface area contributed by atoms with Crippen molar-refractivity contribution < 1.29 is 23.8 Å². The van der Waals surface area contributed by atoms with E-state index in [0.717, 1.165) is 0 Å². The zero-order valence-corrected chi connectivity index (χ0v) is 14.1. The highest BCUT2D eigenvalue weighted by molar-refractivity contribution is 6.30. The van der Waals surface area contributed by atoms with Crippen molar-refractivity contribution in [2.75, 3.05) is 19.7 Å². The highest BCUT2D eigenvalue weighted by atomic mass is 35.5. The van der Waals surface area contributed by atoms with Crippen molar-refractivity contribution in [1.29, 1.82) is 0 Å². The molecular weight excluding hydrogens is 325 g/mol. The number of ether oxygens (including phenoxy) is 2. The first-order valence-corrected chi connectivity index (χ1v) is 7.78. The molecule has 1 fully saturated rings. The van der Waals surface area contributed by atoms with Gasteiger partial charge in [0.1, 0.15) is 23.6 Å². The number of hydrogen-bond donors (Lipinski definition) is 1. The van der Waals surface area contributed by atoms with Gasteiger partial charge in [0.25, 0.3) is 0 Å². The van der Waals surface area contributed by atoms with Crippen LogP contribution in [0.15, 0.2) is 18.2 Å². The SMILES string of the molecule is CC(C)(C)OC(=O)N1CCOC(c2ccc(Cl)c(F)c2)C(O)C1. The van der Waals surface area contributed by atoms with E-state index in [0.29, 0.717) is 12.1 Å². The van der Waals surface area contributed by atoms with E-state index in [1.54, 1.807) is 26.8 Å². The second-order valence-corrected chi connectivity index (χ2v) is 6.87. The molecule has 1 aromatic rings. The molecule has 128 valence electrons. The van der Waals surface area contributed by atoms with E-state index in [2.05, 4.69) is 0 Å². The van der Waals surface area contributed by atoms with Crippen LogP contribution in [0.1, 0.15) is 32.4 Å². The van der Waals surface area contributed by atoms with Gasteiger partial charge in [0.2, 0.25) is 0 Å². The first-order valence-electron chi connectivity index (χ1n) is 7.40. The van der Waals surface area contributed by atoms with Gasteiger partial charge >= 0.3 is 6.09 Å². The van der Waals surface area contributed by atoms with Crippen molar-refractivity contribution in [1.82, 2.24) is 4.90 Å².